The normalized spacial score (nSPS) is 10.5. The lowest BCUT2D eigenvalue weighted by Gasteiger charge is -2.08. The van der Waals surface area contributed by atoms with Gasteiger partial charge in [0.15, 0.2) is 23.1 Å². The number of benzene rings is 1. The van der Waals surface area contributed by atoms with Crippen LogP contribution in [-0.2, 0) is 0 Å². The van der Waals surface area contributed by atoms with Crippen molar-refractivity contribution in [3.63, 3.8) is 0 Å². The molecule has 29 heavy (non-hydrogen) atoms. The first kappa shape index (κ1) is 20.5. The fourth-order valence-electron chi connectivity index (χ4n) is 2.67. The summed E-state index contributed by atoms with van der Waals surface area (Å²) in [6.45, 7) is 0. The highest BCUT2D eigenvalue weighted by molar-refractivity contribution is 7.12. The molecular formula is C21H14O6S2. The highest BCUT2D eigenvalue weighted by Crippen LogP contribution is 2.20. The van der Waals surface area contributed by atoms with Gasteiger partial charge in [0.1, 0.15) is 0 Å². The number of thiophene rings is 2. The van der Waals surface area contributed by atoms with Crippen LogP contribution < -0.4 is 0 Å². The summed E-state index contributed by atoms with van der Waals surface area (Å²) in [4.78, 5) is 61.7. The van der Waals surface area contributed by atoms with E-state index in [1.807, 2.05) is 0 Å². The molecule has 0 spiro atoms. The Morgan fingerprint density at radius 2 is 1.24 bits per heavy atom. The van der Waals surface area contributed by atoms with Gasteiger partial charge < -0.3 is 5.11 Å². The van der Waals surface area contributed by atoms with Crippen LogP contribution in [0, 0.1) is 0 Å². The van der Waals surface area contributed by atoms with Crippen molar-refractivity contribution >= 4 is 51.8 Å². The van der Waals surface area contributed by atoms with E-state index in [0.717, 1.165) is 12.1 Å². The van der Waals surface area contributed by atoms with Crippen molar-refractivity contribution in [1.29, 1.82) is 0 Å². The number of hydrogen-bond donors (Lipinski definition) is 1. The molecule has 146 valence electrons. The van der Waals surface area contributed by atoms with Crippen LogP contribution in [0.1, 0.15) is 63.3 Å². The Kier molecular flexibility index (Phi) is 6.26. The fourth-order valence-corrected chi connectivity index (χ4v) is 4.00. The molecule has 0 saturated carbocycles. The number of hydrogen-bond acceptors (Lipinski definition) is 7. The second kappa shape index (κ2) is 8.85. The third kappa shape index (κ3) is 4.79. The standard InChI is InChI=1S/C21H14O6S2/c22-15(10-17(24)19-3-1-7-28-19)12-5-6-13(21(26)27)14(9-12)16(23)11-18(25)20-4-2-8-29-20/h1-9H,10-11H2,(H,26,27). The predicted molar refractivity (Wildman–Crippen MR) is 109 cm³/mol. The summed E-state index contributed by atoms with van der Waals surface area (Å²) in [5, 5.41) is 12.8. The molecule has 0 aliphatic carbocycles. The number of ketones is 4. The van der Waals surface area contributed by atoms with Crippen molar-refractivity contribution in [3.8, 4) is 0 Å². The summed E-state index contributed by atoms with van der Waals surface area (Å²) < 4.78 is 0. The van der Waals surface area contributed by atoms with E-state index in [9.17, 15) is 29.1 Å². The summed E-state index contributed by atoms with van der Waals surface area (Å²) in [6, 6.07) is 10.1. The minimum absolute atomic E-state index is 0.0480. The first-order valence-corrected chi connectivity index (χ1v) is 10.2. The summed E-state index contributed by atoms with van der Waals surface area (Å²) in [6.07, 6.45) is -0.902. The average Bonchev–Trinajstić information content (AvgIpc) is 3.41. The average molecular weight is 426 g/mol. The molecule has 0 atom stereocenters. The minimum atomic E-state index is -1.34. The van der Waals surface area contributed by atoms with Gasteiger partial charge in [-0.25, -0.2) is 4.79 Å². The lowest BCUT2D eigenvalue weighted by atomic mass is 9.95. The molecule has 0 amide bonds. The second-order valence-corrected chi connectivity index (χ2v) is 7.96. The lowest BCUT2D eigenvalue weighted by Crippen LogP contribution is -2.15. The Morgan fingerprint density at radius 3 is 1.72 bits per heavy atom. The Bertz CT molecular complexity index is 1090. The number of Topliss-reactive ketones (excluding diaryl/α,β-unsaturated/α-hetero) is 4. The summed E-state index contributed by atoms with van der Waals surface area (Å²) >= 11 is 2.40. The van der Waals surface area contributed by atoms with Gasteiger partial charge in [0.2, 0.25) is 0 Å². The van der Waals surface area contributed by atoms with E-state index in [4.69, 9.17) is 0 Å². The molecule has 1 N–H and O–H groups in total. The number of aromatic carboxylic acids is 1. The van der Waals surface area contributed by atoms with Crippen molar-refractivity contribution in [3.05, 3.63) is 79.7 Å². The van der Waals surface area contributed by atoms with Gasteiger partial charge in [-0.3, -0.25) is 19.2 Å². The monoisotopic (exact) mass is 426 g/mol. The van der Waals surface area contributed by atoms with Crippen molar-refractivity contribution in [1.82, 2.24) is 0 Å². The van der Waals surface area contributed by atoms with Crippen molar-refractivity contribution in [2.24, 2.45) is 0 Å². The Morgan fingerprint density at radius 1 is 0.690 bits per heavy atom. The first-order chi connectivity index (χ1) is 13.9. The van der Waals surface area contributed by atoms with E-state index in [-0.39, 0.29) is 22.5 Å². The van der Waals surface area contributed by atoms with Gasteiger partial charge in [-0.2, -0.15) is 0 Å². The SMILES string of the molecule is O=C(CC(=O)c1cccs1)c1ccc(C(=O)O)c(C(=O)CC(=O)c2cccs2)c1. The van der Waals surface area contributed by atoms with Crippen molar-refractivity contribution < 1.29 is 29.1 Å². The van der Waals surface area contributed by atoms with E-state index < -0.39 is 36.2 Å². The number of carbonyl (C=O) groups excluding carboxylic acids is 4. The van der Waals surface area contributed by atoms with E-state index >= 15 is 0 Å². The zero-order chi connectivity index (χ0) is 21.0. The molecule has 2 heterocycles. The van der Waals surface area contributed by atoms with Crippen LogP contribution in [0.2, 0.25) is 0 Å². The minimum Gasteiger partial charge on any atom is -0.478 e. The Balaban J connectivity index is 1.84. The molecule has 2 aromatic heterocycles. The summed E-state index contributed by atoms with van der Waals surface area (Å²) in [5.74, 6) is -3.34. The van der Waals surface area contributed by atoms with Crippen LogP contribution in [0.5, 0.6) is 0 Å². The van der Waals surface area contributed by atoms with Crippen LogP contribution in [0.15, 0.2) is 53.2 Å². The van der Waals surface area contributed by atoms with Gasteiger partial charge in [-0.05, 0) is 35.0 Å². The van der Waals surface area contributed by atoms with Gasteiger partial charge in [-0.15, -0.1) is 22.7 Å². The van der Waals surface area contributed by atoms with Crippen molar-refractivity contribution in [2.45, 2.75) is 12.8 Å². The van der Waals surface area contributed by atoms with Gasteiger partial charge in [0.05, 0.1) is 28.2 Å². The van der Waals surface area contributed by atoms with Gasteiger partial charge in [0, 0.05) is 11.1 Å². The van der Waals surface area contributed by atoms with Crippen LogP contribution in [0.4, 0.5) is 0 Å². The number of carboxylic acids is 1. The summed E-state index contributed by atoms with van der Waals surface area (Å²) in [5.41, 5.74) is -0.473. The molecule has 1 aromatic carbocycles. The van der Waals surface area contributed by atoms with Crippen LogP contribution in [0.3, 0.4) is 0 Å². The smallest absolute Gasteiger partial charge is 0.336 e. The maximum absolute atomic E-state index is 12.6. The Hall–Kier alpha value is -3.23. The molecular weight excluding hydrogens is 412 g/mol. The molecule has 0 radical (unpaired) electrons. The first-order valence-electron chi connectivity index (χ1n) is 8.44. The molecule has 6 nitrogen and oxygen atoms in total. The van der Waals surface area contributed by atoms with Gasteiger partial charge >= 0.3 is 5.97 Å². The largest absolute Gasteiger partial charge is 0.478 e. The van der Waals surface area contributed by atoms with Crippen LogP contribution >= 0.6 is 22.7 Å². The molecule has 8 heteroatoms. The molecule has 0 unspecified atom stereocenters. The van der Waals surface area contributed by atoms with Gasteiger partial charge in [0.25, 0.3) is 0 Å². The van der Waals surface area contributed by atoms with E-state index in [1.54, 1.807) is 35.0 Å². The number of carboxylic acid groups (broad SMARTS) is 1. The van der Waals surface area contributed by atoms with Crippen LogP contribution in [0.25, 0.3) is 0 Å². The lowest BCUT2D eigenvalue weighted by molar-refractivity contribution is 0.0689. The second-order valence-electron chi connectivity index (χ2n) is 6.07. The maximum Gasteiger partial charge on any atom is 0.336 e. The molecule has 0 fully saturated rings. The molecule has 0 saturated heterocycles. The van der Waals surface area contributed by atoms with Crippen LogP contribution in [-0.4, -0.2) is 34.2 Å². The molecule has 0 aliphatic rings. The fraction of sp³-hybridized carbons (Fsp3) is 0.0952. The molecule has 0 aliphatic heterocycles. The molecule has 3 aromatic rings. The zero-order valence-electron chi connectivity index (χ0n) is 14.9. The third-order valence-corrected chi connectivity index (χ3v) is 5.93. The summed E-state index contributed by atoms with van der Waals surface area (Å²) in [7, 11) is 0. The van der Waals surface area contributed by atoms with E-state index in [2.05, 4.69) is 0 Å². The zero-order valence-corrected chi connectivity index (χ0v) is 16.5. The van der Waals surface area contributed by atoms with E-state index in [0.29, 0.717) is 9.75 Å². The maximum atomic E-state index is 12.6. The third-order valence-electron chi connectivity index (χ3n) is 4.11. The molecule has 0 bridgehead atoms. The number of carbonyl (C=O) groups is 5. The molecule has 3 rings (SSSR count). The van der Waals surface area contributed by atoms with Crippen molar-refractivity contribution in [2.75, 3.05) is 0 Å². The quantitative estimate of drug-likeness (QED) is 0.401. The predicted octanol–water partition coefficient (Wildman–Crippen LogP) is 4.42. The Labute approximate surface area is 173 Å². The van der Waals surface area contributed by atoms with E-state index in [1.165, 1.54) is 28.7 Å². The highest BCUT2D eigenvalue weighted by atomic mass is 32.1. The number of rotatable bonds is 9. The topological polar surface area (TPSA) is 106 Å². The van der Waals surface area contributed by atoms with Gasteiger partial charge in [-0.1, -0.05) is 18.2 Å². The highest BCUT2D eigenvalue weighted by Gasteiger charge is 2.23.